The number of rotatable bonds is 4. The van der Waals surface area contributed by atoms with Gasteiger partial charge in [0.1, 0.15) is 18.4 Å². The molecule has 2 N–H and O–H groups in total. The summed E-state index contributed by atoms with van der Waals surface area (Å²) in [6.07, 6.45) is 2.91. The van der Waals surface area contributed by atoms with Gasteiger partial charge in [0.2, 0.25) is 5.91 Å². The molecule has 40 heavy (non-hydrogen) atoms. The van der Waals surface area contributed by atoms with Crippen molar-refractivity contribution in [2.45, 2.75) is 38.3 Å². The Balaban J connectivity index is 1.50. The zero-order chi connectivity index (χ0) is 28.1. The molecule has 2 atom stereocenters. The second-order valence-electron chi connectivity index (χ2n) is 10.7. The van der Waals surface area contributed by atoms with Crippen molar-refractivity contribution in [3.8, 4) is 16.9 Å². The molecule has 1 aliphatic carbocycles. The van der Waals surface area contributed by atoms with Gasteiger partial charge in [-0.3, -0.25) is 9.69 Å². The summed E-state index contributed by atoms with van der Waals surface area (Å²) in [5.74, 6) is 0.300. The van der Waals surface area contributed by atoms with Crippen molar-refractivity contribution in [2.24, 2.45) is 5.92 Å². The molecule has 0 radical (unpaired) electrons. The molecule has 0 aromatic heterocycles. The van der Waals surface area contributed by atoms with Crippen molar-refractivity contribution in [2.75, 3.05) is 26.4 Å². The number of hydrogen-bond acceptors (Lipinski definition) is 4. The number of carbonyl (C=O) groups is 2. The molecule has 0 spiro atoms. The number of carboxylic acid groups (broad SMARTS) is 1. The van der Waals surface area contributed by atoms with Gasteiger partial charge in [-0.2, -0.15) is 0 Å². The maximum Gasteiger partial charge on any atom is 0.408 e. The van der Waals surface area contributed by atoms with Gasteiger partial charge in [0.25, 0.3) is 0 Å². The van der Waals surface area contributed by atoms with Gasteiger partial charge >= 0.3 is 6.09 Å². The van der Waals surface area contributed by atoms with Crippen LogP contribution in [0.15, 0.2) is 84.9 Å². The van der Waals surface area contributed by atoms with Crippen molar-refractivity contribution in [3.63, 3.8) is 0 Å². The standard InChI is InChI=1S/C33H36N2O5/c1-22(2)30-21-39-17-7-8-18-40-24-15-13-23(14-16-24)19-31(32(36)34-30)35(33(37)38)20-29-27-11-5-3-9-25(27)26-10-4-6-12-28(26)29/h3-16,22,29-31H,17-21H2,1-2H3,(H,34,36)(H,37,38)/t30-,31-/m1/s1. The van der Waals surface area contributed by atoms with E-state index < -0.39 is 12.1 Å². The number of ether oxygens (including phenoxy) is 2. The molecule has 0 fully saturated rings. The Morgan fingerprint density at radius 2 is 1.57 bits per heavy atom. The molecule has 0 saturated carbocycles. The van der Waals surface area contributed by atoms with Crippen LogP contribution < -0.4 is 10.1 Å². The molecule has 3 aromatic carbocycles. The summed E-state index contributed by atoms with van der Waals surface area (Å²) in [4.78, 5) is 28.1. The van der Waals surface area contributed by atoms with Crippen molar-refractivity contribution in [3.05, 3.63) is 102 Å². The van der Waals surface area contributed by atoms with Crippen molar-refractivity contribution in [1.29, 1.82) is 0 Å². The molecule has 3 aromatic rings. The first-order chi connectivity index (χ1) is 19.4. The van der Waals surface area contributed by atoms with Crippen molar-refractivity contribution in [1.82, 2.24) is 10.2 Å². The summed E-state index contributed by atoms with van der Waals surface area (Å²) in [5, 5.41) is 13.6. The Morgan fingerprint density at radius 1 is 0.950 bits per heavy atom. The highest BCUT2D eigenvalue weighted by atomic mass is 16.5. The highest BCUT2D eigenvalue weighted by Crippen LogP contribution is 2.45. The predicted molar refractivity (Wildman–Crippen MR) is 155 cm³/mol. The molecule has 2 amide bonds. The molecule has 2 aliphatic heterocycles. The second kappa shape index (κ2) is 12.4. The van der Waals surface area contributed by atoms with Crippen LogP contribution in [-0.2, 0) is 16.0 Å². The summed E-state index contributed by atoms with van der Waals surface area (Å²) >= 11 is 0. The fraction of sp³-hybridized carbons (Fsp3) is 0.333. The number of amides is 2. The van der Waals surface area contributed by atoms with E-state index in [1.807, 2.05) is 74.5 Å². The SMILES string of the molecule is CC(C)[C@H]1COCC=CCOc2ccc(cc2)C[C@@H](N(CC2c3ccccc3-c3ccccc32)C(=O)O)C(=O)N1. The highest BCUT2D eigenvalue weighted by molar-refractivity contribution is 5.86. The van der Waals surface area contributed by atoms with E-state index in [0.29, 0.717) is 25.6 Å². The second-order valence-corrected chi connectivity index (χ2v) is 10.7. The number of nitrogens with zero attached hydrogens (tertiary/aromatic N) is 1. The molecule has 208 valence electrons. The minimum atomic E-state index is -1.13. The quantitative estimate of drug-likeness (QED) is 0.427. The zero-order valence-electron chi connectivity index (χ0n) is 23.0. The third-order valence-corrected chi connectivity index (χ3v) is 7.78. The third kappa shape index (κ3) is 6.05. The Hall–Kier alpha value is -4.10. The lowest BCUT2D eigenvalue weighted by Gasteiger charge is -2.33. The number of hydrogen-bond donors (Lipinski definition) is 2. The van der Waals surface area contributed by atoms with Gasteiger partial charge in [0.05, 0.1) is 19.3 Å². The van der Waals surface area contributed by atoms with Crippen LogP contribution in [0.2, 0.25) is 0 Å². The van der Waals surface area contributed by atoms with E-state index in [1.54, 1.807) is 0 Å². The maximum absolute atomic E-state index is 13.9. The number of carbonyl (C=O) groups excluding carboxylic acids is 1. The minimum Gasteiger partial charge on any atom is -0.490 e. The third-order valence-electron chi connectivity index (χ3n) is 7.78. The number of nitrogens with one attached hydrogen (secondary N) is 1. The van der Waals surface area contributed by atoms with E-state index >= 15 is 0 Å². The van der Waals surface area contributed by atoms with Gasteiger partial charge in [0.15, 0.2) is 0 Å². The zero-order valence-corrected chi connectivity index (χ0v) is 23.0. The lowest BCUT2D eigenvalue weighted by Crippen LogP contribution is -2.55. The number of benzene rings is 3. The Labute approximate surface area is 235 Å². The molecular formula is C33H36N2O5. The van der Waals surface area contributed by atoms with E-state index in [-0.39, 0.29) is 36.8 Å². The van der Waals surface area contributed by atoms with Gasteiger partial charge in [0, 0.05) is 18.9 Å². The molecule has 7 nitrogen and oxygen atoms in total. The largest absolute Gasteiger partial charge is 0.490 e. The Morgan fingerprint density at radius 3 is 2.20 bits per heavy atom. The smallest absolute Gasteiger partial charge is 0.408 e. The van der Waals surface area contributed by atoms with Crippen LogP contribution in [0.25, 0.3) is 11.1 Å². The first kappa shape index (κ1) is 27.5. The molecular weight excluding hydrogens is 504 g/mol. The summed E-state index contributed by atoms with van der Waals surface area (Å²) in [6, 6.07) is 22.5. The van der Waals surface area contributed by atoms with Crippen molar-refractivity contribution >= 4 is 12.0 Å². The molecule has 3 aliphatic rings. The highest BCUT2D eigenvalue weighted by Gasteiger charge is 2.37. The summed E-state index contributed by atoms with van der Waals surface area (Å²) in [7, 11) is 0. The summed E-state index contributed by atoms with van der Waals surface area (Å²) in [5.41, 5.74) is 5.22. The minimum absolute atomic E-state index is 0.0990. The van der Waals surface area contributed by atoms with Crippen LogP contribution in [0.3, 0.4) is 0 Å². The van der Waals surface area contributed by atoms with Gasteiger partial charge in [-0.05, 0) is 51.9 Å². The summed E-state index contributed by atoms with van der Waals surface area (Å²) < 4.78 is 11.6. The van der Waals surface area contributed by atoms with Gasteiger partial charge in [-0.25, -0.2) is 4.79 Å². The van der Waals surface area contributed by atoms with Gasteiger partial charge in [-0.15, -0.1) is 0 Å². The Kier molecular flexibility index (Phi) is 8.51. The number of fused-ring (bicyclic) bond motifs is 15. The molecule has 0 unspecified atom stereocenters. The lowest BCUT2D eigenvalue weighted by molar-refractivity contribution is -0.127. The molecule has 7 heteroatoms. The van der Waals surface area contributed by atoms with Crippen LogP contribution in [0.5, 0.6) is 5.75 Å². The fourth-order valence-electron chi connectivity index (χ4n) is 5.50. The normalized spacial score (nSPS) is 19.5. The fourth-order valence-corrected chi connectivity index (χ4v) is 5.50. The van der Waals surface area contributed by atoms with Crippen LogP contribution in [0, 0.1) is 5.92 Å². The van der Waals surface area contributed by atoms with Crippen LogP contribution in [0.4, 0.5) is 4.79 Å². The molecule has 2 bridgehead atoms. The van der Waals surface area contributed by atoms with Crippen LogP contribution in [-0.4, -0.2) is 60.5 Å². The maximum atomic E-state index is 13.9. The van der Waals surface area contributed by atoms with E-state index in [0.717, 1.165) is 27.8 Å². The van der Waals surface area contributed by atoms with E-state index in [9.17, 15) is 14.7 Å². The van der Waals surface area contributed by atoms with Gasteiger partial charge < -0.3 is 19.9 Å². The van der Waals surface area contributed by atoms with E-state index in [4.69, 9.17) is 9.47 Å². The monoisotopic (exact) mass is 540 g/mol. The van der Waals surface area contributed by atoms with Gasteiger partial charge in [-0.1, -0.05) is 80.6 Å². The average Bonchev–Trinajstić information content (AvgIpc) is 3.27. The van der Waals surface area contributed by atoms with Crippen LogP contribution >= 0.6 is 0 Å². The average molecular weight is 541 g/mol. The molecule has 6 rings (SSSR count). The molecule has 0 saturated heterocycles. The predicted octanol–water partition coefficient (Wildman–Crippen LogP) is 5.50. The lowest BCUT2D eigenvalue weighted by atomic mass is 9.94. The Bertz CT molecular complexity index is 1320. The summed E-state index contributed by atoms with van der Waals surface area (Å²) in [6.45, 7) is 5.35. The van der Waals surface area contributed by atoms with E-state index in [1.165, 1.54) is 4.90 Å². The molecule has 2 heterocycles. The first-order valence-electron chi connectivity index (χ1n) is 13.8. The first-order valence-corrected chi connectivity index (χ1v) is 13.8. The van der Waals surface area contributed by atoms with E-state index in [2.05, 4.69) is 29.6 Å². The topological polar surface area (TPSA) is 88.1 Å². The van der Waals surface area contributed by atoms with Crippen LogP contribution in [0.1, 0.15) is 36.5 Å². The van der Waals surface area contributed by atoms with Crippen molar-refractivity contribution < 1.29 is 24.2 Å².